The van der Waals surface area contributed by atoms with Crippen LogP contribution in [0, 0.1) is 6.92 Å². The first kappa shape index (κ1) is 16.7. The van der Waals surface area contributed by atoms with Gasteiger partial charge in [0, 0.05) is 49.4 Å². The molecule has 0 unspecified atom stereocenters. The number of carbonyl (C=O) groups is 1. The van der Waals surface area contributed by atoms with Crippen LogP contribution in [0.1, 0.15) is 17.1 Å². The minimum absolute atomic E-state index is 0.0120. The summed E-state index contributed by atoms with van der Waals surface area (Å²) in [4.78, 5) is 36.2. The maximum atomic E-state index is 12.5. The van der Waals surface area contributed by atoms with Gasteiger partial charge < -0.3 is 4.90 Å². The van der Waals surface area contributed by atoms with E-state index in [2.05, 4.69) is 9.97 Å². The molecule has 0 spiro atoms. The Morgan fingerprint density at radius 2 is 1.96 bits per heavy atom. The highest BCUT2D eigenvalue weighted by molar-refractivity contribution is 8.00. The van der Waals surface area contributed by atoms with Gasteiger partial charge in [0.15, 0.2) is 0 Å². The molecular formula is C17H20N4O2S. The van der Waals surface area contributed by atoms with E-state index in [9.17, 15) is 9.59 Å². The van der Waals surface area contributed by atoms with E-state index in [4.69, 9.17) is 0 Å². The Morgan fingerprint density at radius 3 is 2.71 bits per heavy atom. The quantitative estimate of drug-likeness (QED) is 0.783. The fraction of sp³-hybridized carbons (Fsp3) is 0.412. The van der Waals surface area contributed by atoms with Crippen molar-refractivity contribution in [3.63, 3.8) is 0 Å². The van der Waals surface area contributed by atoms with Crippen LogP contribution in [0.25, 0.3) is 0 Å². The lowest BCUT2D eigenvalue weighted by Gasteiger charge is -2.19. The van der Waals surface area contributed by atoms with E-state index >= 15 is 0 Å². The Balaban J connectivity index is 1.67. The van der Waals surface area contributed by atoms with Crippen molar-refractivity contribution in [1.82, 2.24) is 19.4 Å². The molecular weight excluding hydrogens is 324 g/mol. The number of nitrogens with zero attached hydrogens (tertiary/aromatic N) is 4. The molecule has 0 aliphatic carbocycles. The van der Waals surface area contributed by atoms with Gasteiger partial charge in [-0.3, -0.25) is 19.1 Å². The first-order valence-corrected chi connectivity index (χ1v) is 8.91. The Morgan fingerprint density at radius 1 is 1.25 bits per heavy atom. The van der Waals surface area contributed by atoms with E-state index in [-0.39, 0.29) is 11.5 Å². The molecule has 0 N–H and O–H groups in total. The molecule has 0 bridgehead atoms. The molecule has 0 saturated heterocycles. The maximum absolute atomic E-state index is 12.5. The van der Waals surface area contributed by atoms with Crippen molar-refractivity contribution in [3.8, 4) is 0 Å². The molecule has 3 rings (SSSR count). The van der Waals surface area contributed by atoms with Gasteiger partial charge in [0.2, 0.25) is 5.91 Å². The van der Waals surface area contributed by atoms with Crippen molar-refractivity contribution < 1.29 is 4.79 Å². The normalized spacial score (nSPS) is 14.2. The van der Waals surface area contributed by atoms with Crippen LogP contribution in [0.5, 0.6) is 0 Å². The largest absolute Gasteiger partial charge is 0.341 e. The van der Waals surface area contributed by atoms with E-state index in [0.29, 0.717) is 37.5 Å². The minimum Gasteiger partial charge on any atom is -0.341 e. The van der Waals surface area contributed by atoms with Crippen molar-refractivity contribution in [2.45, 2.75) is 24.7 Å². The van der Waals surface area contributed by atoms with Gasteiger partial charge in [-0.1, -0.05) is 0 Å². The van der Waals surface area contributed by atoms with Gasteiger partial charge in [-0.2, -0.15) is 0 Å². The lowest BCUT2D eigenvalue weighted by Crippen LogP contribution is -2.34. The van der Waals surface area contributed by atoms with Gasteiger partial charge in [-0.25, -0.2) is 4.98 Å². The molecule has 1 aliphatic heterocycles. The number of amides is 1. The number of pyridine rings is 1. The zero-order valence-corrected chi connectivity index (χ0v) is 14.7. The zero-order chi connectivity index (χ0) is 17.1. The second-order valence-electron chi connectivity index (χ2n) is 5.80. The highest BCUT2D eigenvalue weighted by atomic mass is 32.2. The SMILES string of the molecule is Cc1nc2c(c(=O)n1C)CCN(C(=O)CSc1ccncc1)CC2. The monoisotopic (exact) mass is 344 g/mol. The summed E-state index contributed by atoms with van der Waals surface area (Å²) in [5.74, 6) is 1.20. The van der Waals surface area contributed by atoms with Crippen LogP contribution in [0.15, 0.2) is 34.2 Å². The summed E-state index contributed by atoms with van der Waals surface area (Å²) in [6.45, 7) is 3.02. The van der Waals surface area contributed by atoms with Crippen molar-refractivity contribution in [2.24, 2.45) is 7.05 Å². The Hall–Kier alpha value is -2.15. The molecule has 7 heteroatoms. The van der Waals surface area contributed by atoms with Crippen LogP contribution in [0.4, 0.5) is 0 Å². The summed E-state index contributed by atoms with van der Waals surface area (Å²) >= 11 is 1.51. The van der Waals surface area contributed by atoms with Gasteiger partial charge in [0.05, 0.1) is 11.4 Å². The smallest absolute Gasteiger partial charge is 0.256 e. The highest BCUT2D eigenvalue weighted by Crippen LogP contribution is 2.18. The van der Waals surface area contributed by atoms with Crippen LogP contribution in [-0.4, -0.2) is 44.2 Å². The third-order valence-electron chi connectivity index (χ3n) is 4.31. The third kappa shape index (κ3) is 3.51. The van der Waals surface area contributed by atoms with Crippen molar-refractivity contribution in [2.75, 3.05) is 18.8 Å². The molecule has 2 aromatic rings. The molecule has 1 aliphatic rings. The molecule has 0 atom stereocenters. The van der Waals surface area contributed by atoms with Gasteiger partial charge in [0.25, 0.3) is 5.56 Å². The van der Waals surface area contributed by atoms with Crippen molar-refractivity contribution in [3.05, 3.63) is 52.0 Å². The number of carbonyl (C=O) groups excluding carboxylic acids is 1. The second-order valence-corrected chi connectivity index (χ2v) is 6.85. The lowest BCUT2D eigenvalue weighted by molar-refractivity contribution is -0.128. The zero-order valence-electron chi connectivity index (χ0n) is 13.9. The van der Waals surface area contributed by atoms with Gasteiger partial charge in [-0.15, -0.1) is 11.8 Å². The van der Waals surface area contributed by atoms with Crippen LogP contribution in [-0.2, 0) is 24.7 Å². The van der Waals surface area contributed by atoms with E-state index in [1.807, 2.05) is 24.0 Å². The molecule has 3 heterocycles. The predicted molar refractivity (Wildman–Crippen MR) is 93.2 cm³/mol. The van der Waals surface area contributed by atoms with Crippen molar-refractivity contribution >= 4 is 17.7 Å². The number of aromatic nitrogens is 3. The molecule has 126 valence electrons. The number of hydrogen-bond donors (Lipinski definition) is 0. The second kappa shape index (κ2) is 7.17. The molecule has 2 aromatic heterocycles. The standard InChI is InChI=1S/C17H20N4O2S/c1-12-19-15-6-10-21(9-5-14(15)17(23)20(12)2)16(22)11-24-13-3-7-18-8-4-13/h3-4,7-8H,5-6,9-11H2,1-2H3. The number of rotatable bonds is 3. The van der Waals surface area contributed by atoms with Crippen LogP contribution < -0.4 is 5.56 Å². The van der Waals surface area contributed by atoms with Gasteiger partial charge in [-0.05, 0) is 25.5 Å². The summed E-state index contributed by atoms with van der Waals surface area (Å²) in [5, 5.41) is 0. The van der Waals surface area contributed by atoms with Gasteiger partial charge in [0.1, 0.15) is 5.82 Å². The average Bonchev–Trinajstić information content (AvgIpc) is 2.81. The van der Waals surface area contributed by atoms with E-state index in [0.717, 1.165) is 16.2 Å². The van der Waals surface area contributed by atoms with Crippen LogP contribution in [0.2, 0.25) is 0 Å². The minimum atomic E-state index is 0.0120. The fourth-order valence-corrected chi connectivity index (χ4v) is 3.58. The maximum Gasteiger partial charge on any atom is 0.256 e. The molecule has 1 amide bonds. The van der Waals surface area contributed by atoms with Crippen LogP contribution >= 0.6 is 11.8 Å². The van der Waals surface area contributed by atoms with Gasteiger partial charge >= 0.3 is 0 Å². The van der Waals surface area contributed by atoms with Crippen molar-refractivity contribution in [1.29, 1.82) is 0 Å². The molecule has 6 nitrogen and oxygen atoms in total. The Kier molecular flexibility index (Phi) is 4.99. The molecule has 24 heavy (non-hydrogen) atoms. The number of aryl methyl sites for hydroxylation is 1. The topological polar surface area (TPSA) is 68.1 Å². The highest BCUT2D eigenvalue weighted by Gasteiger charge is 2.22. The summed E-state index contributed by atoms with van der Waals surface area (Å²) in [6.07, 6.45) is 4.65. The van der Waals surface area contributed by atoms with E-state index in [1.165, 1.54) is 11.8 Å². The molecule has 0 saturated carbocycles. The molecule has 0 radical (unpaired) electrons. The summed E-state index contributed by atoms with van der Waals surface area (Å²) < 4.78 is 1.58. The number of hydrogen-bond acceptors (Lipinski definition) is 5. The van der Waals surface area contributed by atoms with Crippen LogP contribution in [0.3, 0.4) is 0 Å². The fourth-order valence-electron chi connectivity index (χ4n) is 2.79. The average molecular weight is 344 g/mol. The third-order valence-corrected chi connectivity index (χ3v) is 5.31. The molecule has 0 fully saturated rings. The summed E-state index contributed by atoms with van der Waals surface area (Å²) in [5.41, 5.74) is 1.60. The Labute approximate surface area is 144 Å². The van der Waals surface area contributed by atoms with E-state index < -0.39 is 0 Å². The van der Waals surface area contributed by atoms with E-state index in [1.54, 1.807) is 24.0 Å². The first-order chi connectivity index (χ1) is 11.6. The summed E-state index contributed by atoms with van der Waals surface area (Å²) in [7, 11) is 1.74. The number of fused-ring (bicyclic) bond motifs is 1. The molecule has 0 aromatic carbocycles. The predicted octanol–water partition coefficient (Wildman–Crippen LogP) is 1.20. The number of thioether (sulfide) groups is 1. The Bertz CT molecular complexity index is 804. The first-order valence-electron chi connectivity index (χ1n) is 7.92. The summed E-state index contributed by atoms with van der Waals surface area (Å²) in [6, 6.07) is 3.79. The lowest BCUT2D eigenvalue weighted by atomic mass is 10.1.